The van der Waals surface area contributed by atoms with Crippen LogP contribution in [0.4, 0.5) is 0 Å². The van der Waals surface area contributed by atoms with Gasteiger partial charge in [0.25, 0.3) is 10.1 Å². The standard InChI is InChI=1S/C35H54O4S/c1-24(2)8-7-9-26(4)31-16-17-32-30-15-12-27-22-28(39-40(36,37)29-13-10-25(3)11-14-29)18-21-35(27,23-38-6)33(30)19-20-34(31,32)5/h10-14,24,26,28,30-33H,7-9,15-23H2,1-6H3/t26-,28+,30+,31-,32+,33+,34-,35-/m1/s1. The minimum Gasteiger partial charge on any atom is -0.384 e. The topological polar surface area (TPSA) is 52.6 Å². The summed E-state index contributed by atoms with van der Waals surface area (Å²) in [6, 6.07) is 6.99. The third kappa shape index (κ3) is 5.61. The van der Waals surface area contributed by atoms with Gasteiger partial charge in [0.1, 0.15) is 0 Å². The van der Waals surface area contributed by atoms with Gasteiger partial charge in [-0.2, -0.15) is 8.42 Å². The molecule has 5 rings (SSSR count). The fraction of sp³-hybridized carbons (Fsp3) is 0.771. The fourth-order valence-corrected chi connectivity index (χ4v) is 11.1. The van der Waals surface area contributed by atoms with Gasteiger partial charge in [-0.25, -0.2) is 0 Å². The van der Waals surface area contributed by atoms with E-state index in [0.717, 1.165) is 61.0 Å². The van der Waals surface area contributed by atoms with Gasteiger partial charge >= 0.3 is 0 Å². The Hall–Kier alpha value is -1.17. The molecule has 4 aliphatic carbocycles. The Labute approximate surface area is 244 Å². The van der Waals surface area contributed by atoms with Crippen LogP contribution in [0.25, 0.3) is 0 Å². The molecule has 0 unspecified atom stereocenters. The van der Waals surface area contributed by atoms with E-state index in [-0.39, 0.29) is 16.4 Å². The molecule has 1 aromatic rings. The van der Waals surface area contributed by atoms with E-state index in [4.69, 9.17) is 8.92 Å². The van der Waals surface area contributed by atoms with Crippen LogP contribution in [0.1, 0.15) is 104 Å². The predicted molar refractivity (Wildman–Crippen MR) is 162 cm³/mol. The first-order valence-corrected chi connectivity index (χ1v) is 17.6. The minimum atomic E-state index is -3.77. The Morgan fingerprint density at radius 2 is 1.73 bits per heavy atom. The summed E-state index contributed by atoms with van der Waals surface area (Å²) < 4.78 is 38.0. The number of methoxy groups -OCH3 is 1. The molecule has 0 heterocycles. The van der Waals surface area contributed by atoms with Crippen molar-refractivity contribution in [2.24, 2.45) is 46.3 Å². The van der Waals surface area contributed by atoms with E-state index in [1.807, 2.05) is 26.2 Å². The lowest BCUT2D eigenvalue weighted by Crippen LogP contribution is -2.53. The van der Waals surface area contributed by atoms with E-state index < -0.39 is 10.1 Å². The lowest BCUT2D eigenvalue weighted by molar-refractivity contribution is -0.0836. The highest BCUT2D eigenvalue weighted by Gasteiger charge is 2.60. The quantitative estimate of drug-likeness (QED) is 0.208. The lowest BCUT2D eigenvalue weighted by Gasteiger charge is -2.59. The van der Waals surface area contributed by atoms with Crippen LogP contribution in [0, 0.1) is 53.3 Å². The summed E-state index contributed by atoms with van der Waals surface area (Å²) in [5, 5.41) is 0. The molecule has 5 heteroatoms. The maximum atomic E-state index is 13.1. The Morgan fingerprint density at radius 1 is 0.975 bits per heavy atom. The van der Waals surface area contributed by atoms with Crippen LogP contribution in [-0.2, 0) is 19.0 Å². The number of hydrogen-bond acceptors (Lipinski definition) is 4. The minimum absolute atomic E-state index is 0.0352. The van der Waals surface area contributed by atoms with Crippen LogP contribution < -0.4 is 0 Å². The molecule has 0 aliphatic heterocycles. The number of aryl methyl sites for hydroxylation is 1. The predicted octanol–water partition coefficient (Wildman–Crippen LogP) is 8.74. The van der Waals surface area contributed by atoms with Gasteiger partial charge < -0.3 is 4.74 Å². The van der Waals surface area contributed by atoms with Crippen molar-refractivity contribution < 1.29 is 17.3 Å². The van der Waals surface area contributed by atoms with Gasteiger partial charge in [0.2, 0.25) is 0 Å². The normalized spacial score (nSPS) is 36.5. The molecule has 1 aromatic carbocycles. The molecule has 4 nitrogen and oxygen atoms in total. The van der Waals surface area contributed by atoms with E-state index in [1.54, 1.807) is 12.1 Å². The molecule has 4 aliphatic rings. The van der Waals surface area contributed by atoms with Crippen LogP contribution in [0.15, 0.2) is 40.8 Å². The number of rotatable bonds is 10. The van der Waals surface area contributed by atoms with Crippen molar-refractivity contribution in [1.29, 1.82) is 0 Å². The average Bonchev–Trinajstić information content (AvgIpc) is 3.26. The molecule has 3 saturated carbocycles. The van der Waals surface area contributed by atoms with E-state index in [9.17, 15) is 8.42 Å². The Kier molecular flexibility index (Phi) is 8.97. The molecule has 8 atom stereocenters. The second-order valence-electron chi connectivity index (χ2n) is 14.7. The summed E-state index contributed by atoms with van der Waals surface area (Å²) in [5.74, 6) is 4.63. The van der Waals surface area contributed by atoms with Gasteiger partial charge in [0.05, 0.1) is 17.6 Å². The number of allylic oxidation sites excluding steroid dienone is 1. The van der Waals surface area contributed by atoms with Gasteiger partial charge in [0, 0.05) is 12.5 Å². The summed E-state index contributed by atoms with van der Waals surface area (Å²) in [6.07, 6.45) is 15.3. The summed E-state index contributed by atoms with van der Waals surface area (Å²) in [6.45, 7) is 12.6. The summed E-state index contributed by atoms with van der Waals surface area (Å²) in [4.78, 5) is 0.255. The second-order valence-corrected chi connectivity index (χ2v) is 16.3. The van der Waals surface area contributed by atoms with Crippen molar-refractivity contribution in [3.8, 4) is 0 Å². The zero-order valence-corrected chi connectivity index (χ0v) is 26.8. The average molecular weight is 571 g/mol. The summed E-state index contributed by atoms with van der Waals surface area (Å²) in [7, 11) is -1.93. The molecule has 0 saturated heterocycles. The second kappa shape index (κ2) is 11.8. The maximum absolute atomic E-state index is 13.1. The highest BCUT2D eigenvalue weighted by molar-refractivity contribution is 7.86. The van der Waals surface area contributed by atoms with Crippen LogP contribution in [0.5, 0.6) is 0 Å². The molecule has 40 heavy (non-hydrogen) atoms. The van der Waals surface area contributed by atoms with E-state index in [2.05, 4.69) is 33.8 Å². The first kappa shape index (κ1) is 30.3. The van der Waals surface area contributed by atoms with Crippen molar-refractivity contribution in [2.45, 2.75) is 116 Å². The van der Waals surface area contributed by atoms with Crippen molar-refractivity contribution in [3.05, 3.63) is 41.5 Å². The highest BCUT2D eigenvalue weighted by atomic mass is 32.2. The summed E-state index contributed by atoms with van der Waals surface area (Å²) >= 11 is 0. The maximum Gasteiger partial charge on any atom is 0.297 e. The Balaban J connectivity index is 1.32. The first-order chi connectivity index (χ1) is 19.0. The molecule has 0 bridgehead atoms. The molecule has 0 radical (unpaired) electrons. The van der Waals surface area contributed by atoms with Gasteiger partial charge in [-0.1, -0.05) is 76.3 Å². The van der Waals surface area contributed by atoms with Crippen molar-refractivity contribution in [3.63, 3.8) is 0 Å². The van der Waals surface area contributed by atoms with E-state index in [1.165, 1.54) is 50.5 Å². The zero-order valence-electron chi connectivity index (χ0n) is 26.0. The SMILES string of the molecule is COC[C@]12CC[C@H](OS(=O)(=O)c3ccc(C)cc3)CC1=CC[C@@H]1[C@@H]2CC[C@]2(C)[C@@H]([C@H](C)CCCC(C)C)CC[C@@H]12. The molecule has 3 fully saturated rings. The number of ether oxygens (including phenoxy) is 1. The Bertz CT molecular complexity index is 1150. The summed E-state index contributed by atoms with van der Waals surface area (Å²) in [5.41, 5.74) is 2.94. The van der Waals surface area contributed by atoms with Crippen LogP contribution in [0.3, 0.4) is 0 Å². The highest BCUT2D eigenvalue weighted by Crippen LogP contribution is 2.67. The van der Waals surface area contributed by atoms with Gasteiger partial charge in [-0.3, -0.25) is 4.18 Å². The smallest absolute Gasteiger partial charge is 0.297 e. The van der Waals surface area contributed by atoms with Gasteiger partial charge in [0.15, 0.2) is 0 Å². The molecule has 0 aromatic heterocycles. The molecule has 0 spiro atoms. The Morgan fingerprint density at radius 3 is 2.42 bits per heavy atom. The third-order valence-corrected chi connectivity index (χ3v) is 13.3. The zero-order chi connectivity index (χ0) is 28.7. The number of hydrogen-bond donors (Lipinski definition) is 0. The monoisotopic (exact) mass is 570 g/mol. The third-order valence-electron chi connectivity index (χ3n) is 12.0. The van der Waals surface area contributed by atoms with Crippen LogP contribution >= 0.6 is 0 Å². The molecule has 0 amide bonds. The van der Waals surface area contributed by atoms with Crippen molar-refractivity contribution in [2.75, 3.05) is 13.7 Å². The van der Waals surface area contributed by atoms with Crippen molar-refractivity contribution in [1.82, 2.24) is 0 Å². The first-order valence-electron chi connectivity index (χ1n) is 16.2. The largest absolute Gasteiger partial charge is 0.384 e. The molecule has 0 N–H and O–H groups in total. The molecular weight excluding hydrogens is 516 g/mol. The van der Waals surface area contributed by atoms with E-state index >= 15 is 0 Å². The van der Waals surface area contributed by atoms with Gasteiger partial charge in [-0.05, 0) is 111 Å². The number of fused-ring (bicyclic) bond motifs is 5. The van der Waals surface area contributed by atoms with Crippen LogP contribution in [-0.4, -0.2) is 28.2 Å². The number of benzene rings is 1. The van der Waals surface area contributed by atoms with Gasteiger partial charge in [-0.15, -0.1) is 0 Å². The molecule has 224 valence electrons. The van der Waals surface area contributed by atoms with E-state index in [0.29, 0.717) is 17.8 Å². The fourth-order valence-electron chi connectivity index (χ4n) is 10.00. The molecular formula is C35H54O4S. The van der Waals surface area contributed by atoms with Crippen molar-refractivity contribution >= 4 is 10.1 Å². The lowest BCUT2D eigenvalue weighted by atomic mass is 9.46. The van der Waals surface area contributed by atoms with Crippen LogP contribution in [0.2, 0.25) is 0 Å².